The van der Waals surface area contributed by atoms with Crippen molar-refractivity contribution < 1.29 is 9.53 Å². The highest BCUT2D eigenvalue weighted by atomic mass is 32.1. The zero-order valence-electron chi connectivity index (χ0n) is 12.7. The highest BCUT2D eigenvalue weighted by molar-refractivity contribution is 7.12. The first-order valence-electron chi connectivity index (χ1n) is 7.61. The molecule has 1 N–H and O–H groups in total. The average molecular weight is 316 g/mol. The molecule has 0 unspecified atom stereocenters. The number of nitrogens with zero attached hydrogens (tertiary/aromatic N) is 1. The van der Waals surface area contributed by atoms with E-state index in [0.29, 0.717) is 13.0 Å². The van der Waals surface area contributed by atoms with Crippen LogP contribution in [0.25, 0.3) is 11.3 Å². The van der Waals surface area contributed by atoms with Crippen molar-refractivity contribution in [1.29, 1.82) is 0 Å². The molecule has 4 nitrogen and oxygen atoms in total. The topological polar surface area (TPSA) is 51.2 Å². The first-order chi connectivity index (χ1) is 10.7. The molecule has 1 aliphatic heterocycles. The summed E-state index contributed by atoms with van der Waals surface area (Å²) >= 11 is 1.60. The van der Waals surface area contributed by atoms with Crippen LogP contribution in [-0.4, -0.2) is 30.1 Å². The summed E-state index contributed by atoms with van der Waals surface area (Å²) in [7, 11) is 0. The van der Waals surface area contributed by atoms with Gasteiger partial charge in [-0.05, 0) is 19.8 Å². The molecule has 1 aromatic carbocycles. The molecule has 116 valence electrons. The Balaban J connectivity index is 1.71. The summed E-state index contributed by atoms with van der Waals surface area (Å²) < 4.78 is 5.41. The van der Waals surface area contributed by atoms with E-state index >= 15 is 0 Å². The van der Waals surface area contributed by atoms with Crippen LogP contribution in [0.4, 0.5) is 0 Å². The molecule has 2 aromatic rings. The molecule has 0 spiro atoms. The van der Waals surface area contributed by atoms with Crippen LogP contribution in [0.5, 0.6) is 0 Å². The van der Waals surface area contributed by atoms with Crippen LogP contribution in [0.1, 0.15) is 22.7 Å². The maximum atomic E-state index is 12.3. The third-order valence-electron chi connectivity index (χ3n) is 3.70. The molecule has 5 heteroatoms. The number of amides is 1. The van der Waals surface area contributed by atoms with Gasteiger partial charge in [-0.3, -0.25) is 4.79 Å². The Hall–Kier alpha value is -1.72. The van der Waals surface area contributed by atoms with E-state index in [4.69, 9.17) is 4.74 Å². The molecule has 1 atom stereocenters. The number of carbonyl (C=O) groups is 1. The van der Waals surface area contributed by atoms with E-state index in [1.807, 2.05) is 37.3 Å². The van der Waals surface area contributed by atoms with Gasteiger partial charge >= 0.3 is 0 Å². The fourth-order valence-corrected chi connectivity index (χ4v) is 3.65. The highest BCUT2D eigenvalue weighted by Gasteiger charge is 2.19. The van der Waals surface area contributed by atoms with Crippen molar-refractivity contribution in [3.05, 3.63) is 40.2 Å². The summed E-state index contributed by atoms with van der Waals surface area (Å²) in [6.45, 7) is 3.41. The Bertz CT molecular complexity index is 633. The van der Waals surface area contributed by atoms with Crippen LogP contribution in [0, 0.1) is 6.92 Å². The second-order valence-corrected chi connectivity index (χ2v) is 6.82. The van der Waals surface area contributed by atoms with Crippen molar-refractivity contribution in [2.24, 2.45) is 0 Å². The second kappa shape index (κ2) is 7.03. The average Bonchev–Trinajstić information content (AvgIpc) is 2.89. The van der Waals surface area contributed by atoms with Crippen LogP contribution in [0.15, 0.2) is 30.3 Å². The van der Waals surface area contributed by atoms with Crippen LogP contribution in [0.2, 0.25) is 0 Å². The van der Waals surface area contributed by atoms with Gasteiger partial charge in [-0.25, -0.2) is 4.98 Å². The van der Waals surface area contributed by atoms with Gasteiger partial charge in [0, 0.05) is 17.0 Å². The van der Waals surface area contributed by atoms with Crippen molar-refractivity contribution in [3.8, 4) is 11.3 Å². The van der Waals surface area contributed by atoms with E-state index in [9.17, 15) is 4.79 Å². The number of aryl methyl sites for hydroxylation is 1. The Morgan fingerprint density at radius 1 is 1.41 bits per heavy atom. The SMILES string of the molecule is Cc1nc(-c2ccccc2)c(CC(=O)N[C@@H]2CCCOC2)s1. The van der Waals surface area contributed by atoms with Crippen molar-refractivity contribution >= 4 is 17.2 Å². The predicted molar refractivity (Wildman–Crippen MR) is 88.0 cm³/mol. The molecule has 1 amide bonds. The minimum absolute atomic E-state index is 0.0522. The Morgan fingerprint density at radius 3 is 2.95 bits per heavy atom. The number of ether oxygens (including phenoxy) is 1. The summed E-state index contributed by atoms with van der Waals surface area (Å²) in [5.74, 6) is 0.0522. The molecular formula is C17H20N2O2S. The minimum Gasteiger partial charge on any atom is -0.379 e. The summed E-state index contributed by atoms with van der Waals surface area (Å²) in [5, 5.41) is 4.06. The van der Waals surface area contributed by atoms with E-state index in [1.54, 1.807) is 11.3 Å². The Morgan fingerprint density at radius 2 is 2.23 bits per heavy atom. The molecule has 1 fully saturated rings. The first-order valence-corrected chi connectivity index (χ1v) is 8.43. The van der Waals surface area contributed by atoms with Gasteiger partial charge in [0.25, 0.3) is 0 Å². The van der Waals surface area contributed by atoms with Crippen molar-refractivity contribution in [2.75, 3.05) is 13.2 Å². The maximum Gasteiger partial charge on any atom is 0.225 e. The molecule has 1 aliphatic rings. The molecule has 1 aromatic heterocycles. The quantitative estimate of drug-likeness (QED) is 0.943. The second-order valence-electron chi connectivity index (χ2n) is 5.53. The smallest absolute Gasteiger partial charge is 0.225 e. The van der Waals surface area contributed by atoms with Gasteiger partial charge in [-0.15, -0.1) is 11.3 Å². The van der Waals surface area contributed by atoms with Crippen LogP contribution < -0.4 is 5.32 Å². The first kappa shape index (κ1) is 15.2. The molecule has 0 radical (unpaired) electrons. The van der Waals surface area contributed by atoms with Gasteiger partial charge in [-0.2, -0.15) is 0 Å². The van der Waals surface area contributed by atoms with E-state index < -0.39 is 0 Å². The van der Waals surface area contributed by atoms with Crippen LogP contribution in [-0.2, 0) is 16.0 Å². The Labute approximate surface area is 134 Å². The molecule has 0 aliphatic carbocycles. The lowest BCUT2D eigenvalue weighted by Crippen LogP contribution is -2.41. The zero-order valence-corrected chi connectivity index (χ0v) is 13.5. The van der Waals surface area contributed by atoms with E-state index in [0.717, 1.165) is 40.6 Å². The number of aromatic nitrogens is 1. The molecule has 0 saturated carbocycles. The van der Waals surface area contributed by atoms with Gasteiger partial charge in [0.1, 0.15) is 0 Å². The number of nitrogens with one attached hydrogen (secondary N) is 1. The normalized spacial score (nSPS) is 18.1. The summed E-state index contributed by atoms with van der Waals surface area (Å²) in [6, 6.07) is 10.2. The molecule has 0 bridgehead atoms. The largest absolute Gasteiger partial charge is 0.379 e. The number of rotatable bonds is 4. The van der Waals surface area contributed by atoms with Gasteiger partial charge in [0.05, 0.1) is 29.8 Å². The van der Waals surface area contributed by atoms with Crippen molar-refractivity contribution in [1.82, 2.24) is 10.3 Å². The lowest BCUT2D eigenvalue weighted by molar-refractivity contribution is -0.122. The van der Waals surface area contributed by atoms with Crippen LogP contribution >= 0.6 is 11.3 Å². The van der Waals surface area contributed by atoms with Gasteiger partial charge in [0.2, 0.25) is 5.91 Å². The minimum atomic E-state index is 0.0522. The van der Waals surface area contributed by atoms with Gasteiger partial charge in [0.15, 0.2) is 0 Å². The monoisotopic (exact) mass is 316 g/mol. The fourth-order valence-electron chi connectivity index (χ4n) is 2.69. The molecule has 1 saturated heterocycles. The molecule has 3 rings (SSSR count). The maximum absolute atomic E-state index is 12.3. The number of hydrogen-bond acceptors (Lipinski definition) is 4. The standard InChI is InChI=1S/C17H20N2O2S/c1-12-18-17(13-6-3-2-4-7-13)15(22-12)10-16(20)19-14-8-5-9-21-11-14/h2-4,6-7,14H,5,8-11H2,1H3,(H,19,20)/t14-/m1/s1. The van der Waals surface area contributed by atoms with Gasteiger partial charge < -0.3 is 10.1 Å². The molecule has 2 heterocycles. The molecule has 22 heavy (non-hydrogen) atoms. The molecular weight excluding hydrogens is 296 g/mol. The Kier molecular flexibility index (Phi) is 4.85. The summed E-state index contributed by atoms with van der Waals surface area (Å²) in [5.41, 5.74) is 1.99. The summed E-state index contributed by atoms with van der Waals surface area (Å²) in [4.78, 5) is 17.9. The van der Waals surface area contributed by atoms with E-state index in [1.165, 1.54) is 0 Å². The number of thiazole rings is 1. The predicted octanol–water partition coefficient (Wildman–Crippen LogP) is 2.96. The van der Waals surface area contributed by atoms with E-state index in [2.05, 4.69) is 10.3 Å². The summed E-state index contributed by atoms with van der Waals surface area (Å²) in [6.07, 6.45) is 2.39. The third-order valence-corrected chi connectivity index (χ3v) is 4.67. The van der Waals surface area contributed by atoms with E-state index in [-0.39, 0.29) is 11.9 Å². The number of carbonyl (C=O) groups excluding carboxylic acids is 1. The van der Waals surface area contributed by atoms with Crippen LogP contribution in [0.3, 0.4) is 0 Å². The van der Waals surface area contributed by atoms with Gasteiger partial charge in [-0.1, -0.05) is 30.3 Å². The highest BCUT2D eigenvalue weighted by Crippen LogP contribution is 2.28. The lowest BCUT2D eigenvalue weighted by Gasteiger charge is -2.23. The lowest BCUT2D eigenvalue weighted by atomic mass is 10.1. The van der Waals surface area contributed by atoms with Crippen molar-refractivity contribution in [2.45, 2.75) is 32.2 Å². The zero-order chi connectivity index (χ0) is 15.4. The fraction of sp³-hybridized carbons (Fsp3) is 0.412. The van der Waals surface area contributed by atoms with Crippen molar-refractivity contribution in [3.63, 3.8) is 0 Å². The number of hydrogen-bond donors (Lipinski definition) is 1. The third kappa shape index (κ3) is 3.72. The number of benzene rings is 1.